The van der Waals surface area contributed by atoms with Crippen molar-refractivity contribution in [1.82, 2.24) is 5.32 Å². The summed E-state index contributed by atoms with van der Waals surface area (Å²) in [5.41, 5.74) is 1.22. The summed E-state index contributed by atoms with van der Waals surface area (Å²) in [7, 11) is 0. The molecule has 5 nitrogen and oxygen atoms in total. The molecular weight excluding hydrogens is 383 g/mol. The molecule has 2 aromatic carbocycles. The highest BCUT2D eigenvalue weighted by Crippen LogP contribution is 2.20. The van der Waals surface area contributed by atoms with Gasteiger partial charge in [0.2, 0.25) is 5.55 Å². The third kappa shape index (κ3) is 4.24. The predicted molar refractivity (Wildman–Crippen MR) is 104 cm³/mol. The SMILES string of the molecule is O=C(NC[C@H]1CCCO1)c1cc2cc(Cl)ccc2oc1=Nc1cccc(F)c1. The van der Waals surface area contributed by atoms with Crippen LogP contribution in [0.1, 0.15) is 23.2 Å². The molecule has 0 radical (unpaired) electrons. The van der Waals surface area contributed by atoms with E-state index in [0.29, 0.717) is 34.8 Å². The number of ether oxygens (including phenoxy) is 1. The van der Waals surface area contributed by atoms with E-state index in [2.05, 4.69) is 10.3 Å². The Morgan fingerprint density at radius 3 is 2.93 bits per heavy atom. The van der Waals surface area contributed by atoms with Gasteiger partial charge in [-0.1, -0.05) is 17.7 Å². The van der Waals surface area contributed by atoms with Gasteiger partial charge >= 0.3 is 0 Å². The van der Waals surface area contributed by atoms with E-state index in [0.717, 1.165) is 12.8 Å². The number of carbonyl (C=O) groups excluding carboxylic acids is 1. The molecule has 1 atom stereocenters. The zero-order valence-corrected chi connectivity index (χ0v) is 15.7. The number of nitrogens with zero attached hydrogens (tertiary/aromatic N) is 1. The molecule has 1 aliphatic heterocycles. The number of fused-ring (bicyclic) bond motifs is 1. The predicted octanol–water partition coefficient (Wildman–Crippen LogP) is 4.37. The molecule has 0 aliphatic carbocycles. The highest BCUT2D eigenvalue weighted by Gasteiger charge is 2.18. The van der Waals surface area contributed by atoms with Crippen LogP contribution >= 0.6 is 11.6 Å². The Balaban J connectivity index is 1.76. The Bertz CT molecular complexity index is 1090. The molecule has 7 heteroatoms. The van der Waals surface area contributed by atoms with E-state index in [1.165, 1.54) is 12.1 Å². The molecule has 28 heavy (non-hydrogen) atoms. The van der Waals surface area contributed by atoms with Crippen molar-refractivity contribution < 1.29 is 18.3 Å². The van der Waals surface area contributed by atoms with Crippen molar-refractivity contribution in [3.8, 4) is 0 Å². The number of carbonyl (C=O) groups is 1. The maximum atomic E-state index is 13.5. The lowest BCUT2D eigenvalue weighted by atomic mass is 10.1. The fourth-order valence-corrected chi connectivity index (χ4v) is 3.30. The summed E-state index contributed by atoms with van der Waals surface area (Å²) in [4.78, 5) is 17.2. The summed E-state index contributed by atoms with van der Waals surface area (Å²) >= 11 is 6.06. The lowest BCUT2D eigenvalue weighted by molar-refractivity contribution is 0.0854. The van der Waals surface area contributed by atoms with Gasteiger partial charge in [-0.3, -0.25) is 4.79 Å². The second-order valence-corrected chi connectivity index (χ2v) is 7.02. The number of benzene rings is 2. The van der Waals surface area contributed by atoms with Gasteiger partial charge in [-0.15, -0.1) is 0 Å². The molecule has 1 fully saturated rings. The Morgan fingerprint density at radius 2 is 2.14 bits per heavy atom. The summed E-state index contributed by atoms with van der Waals surface area (Å²) in [6.07, 6.45) is 1.92. The van der Waals surface area contributed by atoms with Crippen LogP contribution in [-0.2, 0) is 4.74 Å². The summed E-state index contributed by atoms with van der Waals surface area (Å²) in [5.74, 6) is -0.755. The molecule has 1 aliphatic rings. The summed E-state index contributed by atoms with van der Waals surface area (Å²) in [6, 6.07) is 12.6. The second kappa shape index (κ2) is 8.12. The van der Waals surface area contributed by atoms with Crippen molar-refractivity contribution in [3.05, 3.63) is 70.5 Å². The Morgan fingerprint density at radius 1 is 1.25 bits per heavy atom. The van der Waals surface area contributed by atoms with Gasteiger partial charge < -0.3 is 14.5 Å². The topological polar surface area (TPSA) is 63.8 Å². The first-order valence-electron chi connectivity index (χ1n) is 9.02. The summed E-state index contributed by atoms with van der Waals surface area (Å²) in [6.45, 7) is 1.12. The van der Waals surface area contributed by atoms with Crippen molar-refractivity contribution in [2.45, 2.75) is 18.9 Å². The van der Waals surface area contributed by atoms with Crippen molar-refractivity contribution in [3.63, 3.8) is 0 Å². The minimum atomic E-state index is -0.418. The van der Waals surface area contributed by atoms with Crippen LogP contribution in [0.5, 0.6) is 0 Å². The average molecular weight is 401 g/mol. The van der Waals surface area contributed by atoms with Crippen LogP contribution in [0, 0.1) is 5.82 Å². The Hall–Kier alpha value is -2.70. The van der Waals surface area contributed by atoms with Crippen LogP contribution in [0.2, 0.25) is 5.02 Å². The van der Waals surface area contributed by atoms with Gasteiger partial charge in [0.15, 0.2) is 0 Å². The fourth-order valence-electron chi connectivity index (χ4n) is 3.12. The van der Waals surface area contributed by atoms with Crippen molar-refractivity contribution in [1.29, 1.82) is 0 Å². The molecule has 144 valence electrons. The van der Waals surface area contributed by atoms with E-state index in [4.69, 9.17) is 20.8 Å². The molecule has 2 heterocycles. The van der Waals surface area contributed by atoms with Crippen LogP contribution in [0.15, 0.2) is 57.9 Å². The molecule has 0 spiro atoms. The van der Waals surface area contributed by atoms with E-state index >= 15 is 0 Å². The molecular formula is C21H18ClFN2O3. The lowest BCUT2D eigenvalue weighted by Gasteiger charge is -2.11. The van der Waals surface area contributed by atoms with Gasteiger partial charge in [0.1, 0.15) is 17.0 Å². The monoisotopic (exact) mass is 400 g/mol. The van der Waals surface area contributed by atoms with Crippen LogP contribution in [0.25, 0.3) is 11.0 Å². The number of amides is 1. The van der Waals surface area contributed by atoms with Crippen LogP contribution < -0.4 is 10.9 Å². The molecule has 1 amide bonds. The number of nitrogens with one attached hydrogen (secondary N) is 1. The van der Waals surface area contributed by atoms with E-state index < -0.39 is 5.82 Å². The van der Waals surface area contributed by atoms with Crippen molar-refractivity contribution in [2.75, 3.05) is 13.2 Å². The quantitative estimate of drug-likeness (QED) is 0.707. The van der Waals surface area contributed by atoms with Gasteiger partial charge in [0, 0.05) is 23.6 Å². The largest absolute Gasteiger partial charge is 0.438 e. The van der Waals surface area contributed by atoms with E-state index in [1.54, 1.807) is 36.4 Å². The van der Waals surface area contributed by atoms with Gasteiger partial charge in [-0.25, -0.2) is 9.38 Å². The Labute approximate surface area is 165 Å². The normalized spacial score (nSPS) is 17.2. The van der Waals surface area contributed by atoms with E-state index in [9.17, 15) is 9.18 Å². The van der Waals surface area contributed by atoms with E-state index in [1.807, 2.05) is 0 Å². The van der Waals surface area contributed by atoms with Gasteiger partial charge in [-0.05, 0) is 55.3 Å². The standard InChI is InChI=1S/C21H18ClFN2O3/c22-14-6-7-19-13(9-14)10-18(20(26)24-12-17-5-2-8-27-17)21(28-19)25-16-4-1-3-15(23)11-16/h1,3-4,6-7,9-11,17H,2,5,8,12H2,(H,24,26)/t17-/m1/s1. The molecule has 1 N–H and O–H groups in total. The zero-order chi connectivity index (χ0) is 19.5. The minimum absolute atomic E-state index is 0.0133. The highest BCUT2D eigenvalue weighted by atomic mass is 35.5. The second-order valence-electron chi connectivity index (χ2n) is 6.58. The number of hydrogen-bond acceptors (Lipinski definition) is 4. The molecule has 4 rings (SSSR count). The van der Waals surface area contributed by atoms with E-state index in [-0.39, 0.29) is 23.1 Å². The first kappa shape index (κ1) is 18.7. The number of hydrogen-bond donors (Lipinski definition) is 1. The highest BCUT2D eigenvalue weighted by molar-refractivity contribution is 6.31. The number of rotatable bonds is 4. The molecule has 1 aromatic heterocycles. The average Bonchev–Trinajstić information content (AvgIpc) is 3.19. The van der Waals surface area contributed by atoms with Gasteiger partial charge in [0.25, 0.3) is 5.91 Å². The van der Waals surface area contributed by atoms with Crippen LogP contribution in [0.4, 0.5) is 10.1 Å². The fraction of sp³-hybridized carbons (Fsp3) is 0.238. The maximum absolute atomic E-state index is 13.5. The molecule has 0 bridgehead atoms. The Kier molecular flexibility index (Phi) is 5.41. The number of halogens is 2. The third-order valence-electron chi connectivity index (χ3n) is 4.51. The summed E-state index contributed by atoms with van der Waals surface area (Å²) < 4.78 is 24.9. The van der Waals surface area contributed by atoms with Crippen molar-refractivity contribution in [2.24, 2.45) is 4.99 Å². The molecule has 0 unspecified atom stereocenters. The first-order chi connectivity index (χ1) is 13.6. The zero-order valence-electron chi connectivity index (χ0n) is 15.0. The van der Waals surface area contributed by atoms with Crippen LogP contribution in [-0.4, -0.2) is 25.2 Å². The van der Waals surface area contributed by atoms with Gasteiger partial charge in [-0.2, -0.15) is 0 Å². The lowest BCUT2D eigenvalue weighted by Crippen LogP contribution is -2.34. The third-order valence-corrected chi connectivity index (χ3v) is 4.74. The van der Waals surface area contributed by atoms with Crippen molar-refractivity contribution >= 4 is 34.2 Å². The minimum Gasteiger partial charge on any atom is -0.438 e. The maximum Gasteiger partial charge on any atom is 0.256 e. The molecule has 0 saturated carbocycles. The first-order valence-corrected chi connectivity index (χ1v) is 9.40. The van der Waals surface area contributed by atoms with Gasteiger partial charge in [0.05, 0.1) is 11.8 Å². The smallest absolute Gasteiger partial charge is 0.256 e. The molecule has 3 aromatic rings. The van der Waals surface area contributed by atoms with Crippen LogP contribution in [0.3, 0.4) is 0 Å². The molecule has 1 saturated heterocycles. The summed E-state index contributed by atoms with van der Waals surface area (Å²) in [5, 5.41) is 4.07.